The van der Waals surface area contributed by atoms with Gasteiger partial charge in [-0.3, -0.25) is 0 Å². The molecular formula is C17H12O. The lowest BCUT2D eigenvalue weighted by Gasteiger charge is -2.22. The summed E-state index contributed by atoms with van der Waals surface area (Å²) >= 11 is 0. The molecule has 0 radical (unpaired) electrons. The summed E-state index contributed by atoms with van der Waals surface area (Å²) in [4.78, 5) is 0. The zero-order valence-corrected chi connectivity index (χ0v) is 9.89. The summed E-state index contributed by atoms with van der Waals surface area (Å²) in [5, 5.41) is 2.43. The molecule has 3 aromatic rings. The quantitative estimate of drug-likeness (QED) is 0.558. The Morgan fingerprint density at radius 1 is 0.722 bits per heavy atom. The number of hydrogen-bond acceptors (Lipinski definition) is 1. The standard InChI is InChI=1S/C17H12O/c1-4-8-15-12(5-1)9-10-16-14-7-3-2-6-13(14)11-18-17(15)16/h1-10H,11H2. The van der Waals surface area contributed by atoms with Gasteiger partial charge < -0.3 is 4.74 Å². The number of rotatable bonds is 0. The van der Waals surface area contributed by atoms with Gasteiger partial charge in [0, 0.05) is 10.9 Å². The van der Waals surface area contributed by atoms with E-state index in [1.807, 2.05) is 0 Å². The summed E-state index contributed by atoms with van der Waals surface area (Å²) in [7, 11) is 0. The Morgan fingerprint density at radius 3 is 2.56 bits per heavy atom. The van der Waals surface area contributed by atoms with E-state index in [-0.39, 0.29) is 0 Å². The van der Waals surface area contributed by atoms with E-state index < -0.39 is 0 Å². The maximum Gasteiger partial charge on any atom is 0.135 e. The predicted molar refractivity (Wildman–Crippen MR) is 73.7 cm³/mol. The van der Waals surface area contributed by atoms with Crippen LogP contribution in [0.5, 0.6) is 5.75 Å². The fraction of sp³-hybridized carbons (Fsp3) is 0.0588. The van der Waals surface area contributed by atoms with Crippen molar-refractivity contribution in [1.82, 2.24) is 0 Å². The van der Waals surface area contributed by atoms with Gasteiger partial charge in [0.05, 0.1) is 0 Å². The minimum absolute atomic E-state index is 0.664. The second kappa shape index (κ2) is 3.61. The van der Waals surface area contributed by atoms with E-state index in [0.717, 1.165) is 5.75 Å². The zero-order valence-electron chi connectivity index (χ0n) is 9.89. The zero-order chi connectivity index (χ0) is 11.9. The first-order chi connectivity index (χ1) is 8.93. The average molecular weight is 232 g/mol. The molecule has 0 spiro atoms. The molecule has 3 aromatic carbocycles. The first-order valence-corrected chi connectivity index (χ1v) is 6.16. The van der Waals surface area contributed by atoms with Gasteiger partial charge in [-0.1, -0.05) is 60.7 Å². The molecule has 0 amide bonds. The molecule has 0 bridgehead atoms. The first kappa shape index (κ1) is 9.72. The van der Waals surface area contributed by atoms with Crippen LogP contribution in [-0.2, 0) is 6.61 Å². The molecule has 0 saturated heterocycles. The van der Waals surface area contributed by atoms with Crippen molar-refractivity contribution in [2.24, 2.45) is 0 Å². The molecule has 0 atom stereocenters. The first-order valence-electron chi connectivity index (χ1n) is 6.16. The van der Waals surface area contributed by atoms with E-state index in [0.29, 0.717) is 6.61 Å². The molecule has 1 heterocycles. The van der Waals surface area contributed by atoms with Gasteiger partial charge in [0.15, 0.2) is 0 Å². The molecular weight excluding hydrogens is 220 g/mol. The molecule has 0 aromatic heterocycles. The van der Waals surface area contributed by atoms with Crippen molar-refractivity contribution in [2.75, 3.05) is 0 Å². The van der Waals surface area contributed by atoms with Crippen LogP contribution >= 0.6 is 0 Å². The molecule has 86 valence electrons. The molecule has 1 aliphatic rings. The van der Waals surface area contributed by atoms with Crippen molar-refractivity contribution in [3.05, 3.63) is 66.2 Å². The fourth-order valence-electron chi connectivity index (χ4n) is 2.67. The highest BCUT2D eigenvalue weighted by Crippen LogP contribution is 2.41. The van der Waals surface area contributed by atoms with E-state index in [1.165, 1.54) is 27.5 Å². The van der Waals surface area contributed by atoms with Crippen molar-refractivity contribution in [1.29, 1.82) is 0 Å². The number of hydrogen-bond donors (Lipinski definition) is 0. The van der Waals surface area contributed by atoms with Crippen LogP contribution in [0.25, 0.3) is 21.9 Å². The SMILES string of the molecule is c1ccc2c(c1)COc1c-2ccc2ccccc12. The van der Waals surface area contributed by atoms with Crippen molar-refractivity contribution in [2.45, 2.75) is 6.61 Å². The van der Waals surface area contributed by atoms with Crippen LogP contribution in [0.3, 0.4) is 0 Å². The van der Waals surface area contributed by atoms with Crippen LogP contribution in [0.4, 0.5) is 0 Å². The Morgan fingerprint density at radius 2 is 1.56 bits per heavy atom. The highest BCUT2D eigenvalue weighted by molar-refractivity contribution is 5.96. The van der Waals surface area contributed by atoms with Gasteiger partial charge in [-0.25, -0.2) is 0 Å². The van der Waals surface area contributed by atoms with Gasteiger partial charge >= 0.3 is 0 Å². The van der Waals surface area contributed by atoms with E-state index in [1.54, 1.807) is 0 Å². The van der Waals surface area contributed by atoms with Crippen LogP contribution in [0, 0.1) is 0 Å². The lowest BCUT2D eigenvalue weighted by atomic mass is 9.94. The molecule has 0 aliphatic carbocycles. The third-order valence-electron chi connectivity index (χ3n) is 3.56. The van der Waals surface area contributed by atoms with E-state index in [2.05, 4.69) is 60.7 Å². The van der Waals surface area contributed by atoms with Crippen LogP contribution in [0.15, 0.2) is 60.7 Å². The summed E-state index contributed by atoms with van der Waals surface area (Å²) in [5.74, 6) is 1.02. The van der Waals surface area contributed by atoms with Gasteiger partial charge in [-0.15, -0.1) is 0 Å². The largest absolute Gasteiger partial charge is 0.488 e. The van der Waals surface area contributed by atoms with Crippen molar-refractivity contribution < 1.29 is 4.74 Å². The minimum Gasteiger partial charge on any atom is -0.488 e. The van der Waals surface area contributed by atoms with Crippen LogP contribution in [0.1, 0.15) is 5.56 Å². The van der Waals surface area contributed by atoms with Gasteiger partial charge in [-0.05, 0) is 16.5 Å². The molecule has 0 N–H and O–H groups in total. The number of benzene rings is 3. The number of ether oxygens (including phenoxy) is 1. The second-order valence-electron chi connectivity index (χ2n) is 4.61. The lowest BCUT2D eigenvalue weighted by Crippen LogP contribution is -2.05. The van der Waals surface area contributed by atoms with E-state index >= 15 is 0 Å². The molecule has 4 rings (SSSR count). The Bertz CT molecular complexity index is 743. The topological polar surface area (TPSA) is 9.23 Å². The van der Waals surface area contributed by atoms with Crippen molar-refractivity contribution >= 4 is 10.8 Å². The van der Waals surface area contributed by atoms with Gasteiger partial charge in [-0.2, -0.15) is 0 Å². The van der Waals surface area contributed by atoms with Crippen LogP contribution in [-0.4, -0.2) is 0 Å². The maximum absolute atomic E-state index is 5.96. The molecule has 0 unspecified atom stereocenters. The summed E-state index contributed by atoms with van der Waals surface area (Å²) in [6, 6.07) is 21.2. The van der Waals surface area contributed by atoms with Gasteiger partial charge in [0.25, 0.3) is 0 Å². The molecule has 0 saturated carbocycles. The summed E-state index contributed by atoms with van der Waals surface area (Å²) in [6.07, 6.45) is 0. The summed E-state index contributed by atoms with van der Waals surface area (Å²) < 4.78 is 5.96. The molecule has 18 heavy (non-hydrogen) atoms. The molecule has 1 nitrogen and oxygen atoms in total. The predicted octanol–water partition coefficient (Wildman–Crippen LogP) is 4.40. The molecule has 1 heteroatoms. The third-order valence-corrected chi connectivity index (χ3v) is 3.56. The van der Waals surface area contributed by atoms with Crippen molar-refractivity contribution in [3.63, 3.8) is 0 Å². The monoisotopic (exact) mass is 232 g/mol. The lowest BCUT2D eigenvalue weighted by molar-refractivity contribution is 0.306. The van der Waals surface area contributed by atoms with E-state index in [4.69, 9.17) is 4.74 Å². The maximum atomic E-state index is 5.96. The summed E-state index contributed by atoms with van der Waals surface area (Å²) in [6.45, 7) is 0.664. The fourth-order valence-corrected chi connectivity index (χ4v) is 2.67. The Balaban J connectivity index is 2.09. The number of fused-ring (bicyclic) bond motifs is 5. The van der Waals surface area contributed by atoms with Crippen molar-refractivity contribution in [3.8, 4) is 16.9 Å². The van der Waals surface area contributed by atoms with E-state index in [9.17, 15) is 0 Å². The average Bonchev–Trinajstić information content (AvgIpc) is 2.46. The Labute approximate surface area is 106 Å². The smallest absolute Gasteiger partial charge is 0.135 e. The van der Waals surface area contributed by atoms with Gasteiger partial charge in [0.2, 0.25) is 0 Å². The van der Waals surface area contributed by atoms with Crippen LogP contribution in [0.2, 0.25) is 0 Å². The second-order valence-corrected chi connectivity index (χ2v) is 4.61. The normalized spacial score (nSPS) is 12.7. The minimum atomic E-state index is 0.664. The Hall–Kier alpha value is -2.28. The third kappa shape index (κ3) is 1.28. The molecule has 1 aliphatic heterocycles. The van der Waals surface area contributed by atoms with Crippen LogP contribution < -0.4 is 4.74 Å². The highest BCUT2D eigenvalue weighted by atomic mass is 16.5. The molecule has 0 fully saturated rings. The Kier molecular flexibility index (Phi) is 1.95. The highest BCUT2D eigenvalue weighted by Gasteiger charge is 2.18. The van der Waals surface area contributed by atoms with Gasteiger partial charge in [0.1, 0.15) is 12.4 Å². The summed E-state index contributed by atoms with van der Waals surface area (Å²) in [5.41, 5.74) is 3.76.